The van der Waals surface area contributed by atoms with Crippen LogP contribution in [0.25, 0.3) is 0 Å². The molecule has 0 spiro atoms. The summed E-state index contributed by atoms with van der Waals surface area (Å²) in [6, 6.07) is 7.72. The fourth-order valence-corrected chi connectivity index (χ4v) is 1.89. The van der Waals surface area contributed by atoms with Crippen molar-refractivity contribution in [2.75, 3.05) is 5.32 Å². The third-order valence-corrected chi connectivity index (χ3v) is 2.90. The molecule has 0 saturated heterocycles. The molecule has 0 fully saturated rings. The van der Waals surface area contributed by atoms with Crippen molar-refractivity contribution in [2.45, 2.75) is 6.54 Å². The van der Waals surface area contributed by atoms with Crippen molar-refractivity contribution in [1.29, 1.82) is 0 Å². The lowest BCUT2D eigenvalue weighted by atomic mass is 10.2. The van der Waals surface area contributed by atoms with Gasteiger partial charge in [-0.1, -0.05) is 11.6 Å². The maximum atomic E-state index is 13.0. The highest BCUT2D eigenvalue weighted by Gasteiger charge is 2.15. The molecule has 2 rings (SSSR count). The van der Waals surface area contributed by atoms with Gasteiger partial charge in [-0.3, -0.25) is 10.1 Å². The molecule has 0 aromatic heterocycles. The second-order valence-corrected chi connectivity index (χ2v) is 4.48. The van der Waals surface area contributed by atoms with Crippen molar-refractivity contribution in [3.05, 3.63) is 62.9 Å². The Morgan fingerprint density at radius 2 is 2.05 bits per heavy atom. The van der Waals surface area contributed by atoms with Crippen LogP contribution in [0.2, 0.25) is 5.02 Å². The molecule has 0 aliphatic carbocycles. The van der Waals surface area contributed by atoms with Crippen LogP contribution in [0.3, 0.4) is 0 Å². The lowest BCUT2D eigenvalue weighted by molar-refractivity contribution is -0.384. The van der Waals surface area contributed by atoms with Gasteiger partial charge in [0.15, 0.2) is 0 Å². The number of hydrogen-bond acceptors (Lipinski definition) is 4. The number of phenols is 1. The summed E-state index contributed by atoms with van der Waals surface area (Å²) in [5.41, 5.74) is 0.276. The largest absolute Gasteiger partial charge is 0.508 e. The van der Waals surface area contributed by atoms with E-state index in [1.54, 1.807) is 6.07 Å². The summed E-state index contributed by atoms with van der Waals surface area (Å²) in [7, 11) is 0. The van der Waals surface area contributed by atoms with Crippen molar-refractivity contribution in [1.82, 2.24) is 0 Å². The molecule has 20 heavy (non-hydrogen) atoms. The van der Waals surface area contributed by atoms with Crippen LogP contribution in [0.4, 0.5) is 15.8 Å². The summed E-state index contributed by atoms with van der Waals surface area (Å²) >= 11 is 5.80. The topological polar surface area (TPSA) is 75.4 Å². The van der Waals surface area contributed by atoms with E-state index in [0.717, 1.165) is 12.1 Å². The molecule has 2 aromatic rings. The zero-order valence-corrected chi connectivity index (χ0v) is 10.9. The van der Waals surface area contributed by atoms with Crippen molar-refractivity contribution in [3.63, 3.8) is 0 Å². The van der Waals surface area contributed by atoms with Gasteiger partial charge in [-0.15, -0.1) is 0 Å². The van der Waals surface area contributed by atoms with Crippen LogP contribution < -0.4 is 5.32 Å². The smallest absolute Gasteiger partial charge is 0.295 e. The van der Waals surface area contributed by atoms with E-state index >= 15 is 0 Å². The molecule has 7 heteroatoms. The van der Waals surface area contributed by atoms with E-state index in [2.05, 4.69) is 5.32 Å². The molecule has 2 aromatic carbocycles. The molecule has 0 bridgehead atoms. The van der Waals surface area contributed by atoms with Gasteiger partial charge in [0.2, 0.25) is 0 Å². The number of anilines is 1. The highest BCUT2D eigenvalue weighted by molar-refractivity contribution is 6.30. The average molecular weight is 297 g/mol. The summed E-state index contributed by atoms with van der Waals surface area (Å²) in [6.45, 7) is 0.124. The van der Waals surface area contributed by atoms with Crippen LogP contribution >= 0.6 is 11.6 Å². The fraction of sp³-hybridized carbons (Fsp3) is 0.0769. The summed E-state index contributed by atoms with van der Waals surface area (Å²) < 4.78 is 13.0. The predicted molar refractivity (Wildman–Crippen MR) is 73.5 cm³/mol. The van der Waals surface area contributed by atoms with Gasteiger partial charge in [0, 0.05) is 17.1 Å². The SMILES string of the molecule is O=[N+]([O-])c1cc(F)ccc1NCc1cc(Cl)ccc1O. The van der Waals surface area contributed by atoms with Gasteiger partial charge < -0.3 is 10.4 Å². The lowest BCUT2D eigenvalue weighted by Gasteiger charge is -2.09. The van der Waals surface area contributed by atoms with Gasteiger partial charge in [0.05, 0.1) is 11.0 Å². The van der Waals surface area contributed by atoms with E-state index in [9.17, 15) is 19.6 Å². The third-order valence-electron chi connectivity index (χ3n) is 2.67. The molecule has 5 nitrogen and oxygen atoms in total. The molecule has 0 amide bonds. The molecule has 0 unspecified atom stereocenters. The number of nitrogens with zero attached hydrogens (tertiary/aromatic N) is 1. The highest BCUT2D eigenvalue weighted by Crippen LogP contribution is 2.27. The van der Waals surface area contributed by atoms with E-state index in [1.807, 2.05) is 0 Å². The Bertz CT molecular complexity index is 664. The van der Waals surface area contributed by atoms with Crippen molar-refractivity contribution < 1.29 is 14.4 Å². The summed E-state index contributed by atoms with van der Waals surface area (Å²) in [5, 5.41) is 23.7. The number of aromatic hydroxyl groups is 1. The Hall–Kier alpha value is -2.34. The average Bonchev–Trinajstić information content (AvgIpc) is 2.40. The first-order chi connectivity index (χ1) is 9.47. The molecular weight excluding hydrogens is 287 g/mol. The monoisotopic (exact) mass is 296 g/mol. The molecule has 2 N–H and O–H groups in total. The molecule has 0 atom stereocenters. The number of benzene rings is 2. The Morgan fingerprint density at radius 1 is 1.30 bits per heavy atom. The number of hydrogen-bond donors (Lipinski definition) is 2. The fourth-order valence-electron chi connectivity index (χ4n) is 1.69. The van der Waals surface area contributed by atoms with Crippen LogP contribution in [0.1, 0.15) is 5.56 Å². The van der Waals surface area contributed by atoms with Crippen molar-refractivity contribution in [3.8, 4) is 5.75 Å². The number of phenolic OH excluding ortho intramolecular Hbond substituents is 1. The quantitative estimate of drug-likeness (QED) is 0.666. The number of nitrogens with one attached hydrogen (secondary N) is 1. The van der Waals surface area contributed by atoms with Gasteiger partial charge in [-0.25, -0.2) is 4.39 Å². The number of nitro groups is 1. The van der Waals surface area contributed by atoms with Gasteiger partial charge in [0.1, 0.15) is 17.3 Å². The first-order valence-corrected chi connectivity index (χ1v) is 6.00. The normalized spacial score (nSPS) is 10.3. The Morgan fingerprint density at radius 3 is 2.75 bits per heavy atom. The van der Waals surface area contributed by atoms with Crippen LogP contribution in [-0.2, 0) is 6.54 Å². The van der Waals surface area contributed by atoms with E-state index in [4.69, 9.17) is 11.6 Å². The maximum Gasteiger partial charge on any atom is 0.295 e. The molecule has 104 valence electrons. The third kappa shape index (κ3) is 3.16. The van der Waals surface area contributed by atoms with E-state index in [1.165, 1.54) is 18.2 Å². The van der Waals surface area contributed by atoms with E-state index in [-0.39, 0.29) is 23.7 Å². The first-order valence-electron chi connectivity index (χ1n) is 5.62. The van der Waals surface area contributed by atoms with E-state index < -0.39 is 10.7 Å². The standard InChI is InChI=1S/C13H10ClFN2O3/c14-9-1-4-13(18)8(5-9)7-16-11-3-2-10(15)6-12(11)17(19)20/h1-6,16,18H,7H2. The molecule has 0 heterocycles. The summed E-state index contributed by atoms with van der Waals surface area (Å²) in [5.74, 6) is -0.667. The highest BCUT2D eigenvalue weighted by atomic mass is 35.5. The molecule has 0 aliphatic rings. The Balaban J connectivity index is 2.23. The summed E-state index contributed by atoms with van der Waals surface area (Å²) in [4.78, 5) is 10.2. The molecular formula is C13H10ClFN2O3. The minimum Gasteiger partial charge on any atom is -0.508 e. The van der Waals surface area contributed by atoms with E-state index in [0.29, 0.717) is 10.6 Å². The predicted octanol–water partition coefficient (Wildman–Crippen LogP) is 3.71. The Kier molecular flexibility index (Phi) is 4.05. The minimum absolute atomic E-state index is 0.0201. The maximum absolute atomic E-state index is 13.0. The number of halogens is 2. The zero-order valence-electron chi connectivity index (χ0n) is 10.1. The number of nitro benzene ring substituents is 1. The second kappa shape index (κ2) is 5.75. The van der Waals surface area contributed by atoms with Gasteiger partial charge in [0.25, 0.3) is 5.69 Å². The zero-order chi connectivity index (χ0) is 14.7. The second-order valence-electron chi connectivity index (χ2n) is 4.05. The van der Waals surface area contributed by atoms with Crippen molar-refractivity contribution >= 4 is 23.0 Å². The van der Waals surface area contributed by atoms with Crippen LogP contribution in [0.15, 0.2) is 36.4 Å². The minimum atomic E-state index is -0.687. The molecule has 0 radical (unpaired) electrons. The van der Waals surface area contributed by atoms with Gasteiger partial charge in [-0.2, -0.15) is 0 Å². The Labute approximate surface area is 118 Å². The number of rotatable bonds is 4. The van der Waals surface area contributed by atoms with Gasteiger partial charge >= 0.3 is 0 Å². The van der Waals surface area contributed by atoms with Crippen molar-refractivity contribution in [2.24, 2.45) is 0 Å². The van der Waals surface area contributed by atoms with Crippen LogP contribution in [0, 0.1) is 15.9 Å². The van der Waals surface area contributed by atoms with Gasteiger partial charge in [-0.05, 0) is 30.3 Å². The lowest BCUT2D eigenvalue weighted by Crippen LogP contribution is -2.03. The first kappa shape index (κ1) is 14.1. The van der Waals surface area contributed by atoms with Crippen LogP contribution in [-0.4, -0.2) is 10.0 Å². The molecule has 0 saturated carbocycles. The molecule has 0 aliphatic heterocycles. The summed E-state index contributed by atoms with van der Waals surface area (Å²) in [6.07, 6.45) is 0. The van der Waals surface area contributed by atoms with Crippen LogP contribution in [0.5, 0.6) is 5.75 Å².